The van der Waals surface area contributed by atoms with Gasteiger partial charge in [0.1, 0.15) is 0 Å². The van der Waals surface area contributed by atoms with Crippen LogP contribution in [0.25, 0.3) is 0 Å². The van der Waals surface area contributed by atoms with Crippen LogP contribution < -0.4 is 0 Å². The molecule has 0 nitrogen and oxygen atoms in total. The summed E-state index contributed by atoms with van der Waals surface area (Å²) in [6.45, 7) is 4.38. The molecule has 0 atom stereocenters. The van der Waals surface area contributed by atoms with E-state index >= 15 is 0 Å². The molecule has 0 saturated heterocycles. The van der Waals surface area contributed by atoms with Gasteiger partial charge in [-0.2, -0.15) is 0 Å². The van der Waals surface area contributed by atoms with Crippen molar-refractivity contribution in [1.82, 2.24) is 0 Å². The minimum Gasteiger partial charge on any atom is -0.147 e. The van der Waals surface area contributed by atoms with Crippen molar-refractivity contribution < 1.29 is 0 Å². The van der Waals surface area contributed by atoms with E-state index < -0.39 is 0 Å². The highest BCUT2D eigenvalue weighted by Gasteiger charge is 1.96. The fourth-order valence-corrected chi connectivity index (χ4v) is 0.899. The predicted molar refractivity (Wildman–Crippen MR) is 44.0 cm³/mol. The van der Waals surface area contributed by atoms with Crippen molar-refractivity contribution in [2.24, 2.45) is 0 Å². The summed E-state index contributed by atoms with van der Waals surface area (Å²) in [7, 11) is 0. The normalized spacial score (nSPS) is 17.6. The minimum absolute atomic E-state index is 0. The second-order valence-electron chi connectivity index (χ2n) is 2.40. The molecule has 0 aliphatic heterocycles. The summed E-state index contributed by atoms with van der Waals surface area (Å²) in [5.74, 6) is 0. The molecular formula is C8H13Cl. The largest absolute Gasteiger partial charge is 0.147 e. The van der Waals surface area contributed by atoms with Gasteiger partial charge in [-0.1, -0.05) is 23.3 Å². The fraction of sp³-hybridized carbons (Fsp3) is 0.500. The van der Waals surface area contributed by atoms with Crippen molar-refractivity contribution in [3.05, 3.63) is 23.3 Å². The Kier molecular flexibility index (Phi) is 3.64. The maximum atomic E-state index is 2.24. The van der Waals surface area contributed by atoms with E-state index in [9.17, 15) is 0 Å². The Morgan fingerprint density at radius 3 is 2.33 bits per heavy atom. The van der Waals surface area contributed by atoms with Gasteiger partial charge in [-0.3, -0.25) is 0 Å². The van der Waals surface area contributed by atoms with Gasteiger partial charge in [0.2, 0.25) is 0 Å². The summed E-state index contributed by atoms with van der Waals surface area (Å²) in [4.78, 5) is 0. The predicted octanol–water partition coefficient (Wildman–Crippen LogP) is 3.09. The third kappa shape index (κ3) is 2.23. The third-order valence-corrected chi connectivity index (χ3v) is 1.73. The van der Waals surface area contributed by atoms with E-state index in [4.69, 9.17) is 0 Å². The molecule has 0 spiro atoms. The average Bonchev–Trinajstić information content (AvgIpc) is 1.77. The molecule has 0 bridgehead atoms. The second kappa shape index (κ2) is 3.73. The van der Waals surface area contributed by atoms with Crippen molar-refractivity contribution in [2.75, 3.05) is 0 Å². The molecule has 52 valence electrons. The van der Waals surface area contributed by atoms with Crippen LogP contribution in [-0.2, 0) is 0 Å². The summed E-state index contributed by atoms with van der Waals surface area (Å²) < 4.78 is 0. The van der Waals surface area contributed by atoms with Crippen molar-refractivity contribution in [3.8, 4) is 0 Å². The van der Waals surface area contributed by atoms with Gasteiger partial charge in [0.05, 0.1) is 0 Å². The fourth-order valence-electron chi connectivity index (χ4n) is 0.899. The lowest BCUT2D eigenvalue weighted by Crippen LogP contribution is -1.85. The van der Waals surface area contributed by atoms with E-state index in [1.54, 1.807) is 5.57 Å². The SMILES string of the molecule is CC1=C(C)CCC=C1.Cl. The Balaban J connectivity index is 0.000000640. The van der Waals surface area contributed by atoms with Crippen LogP contribution in [0.15, 0.2) is 23.3 Å². The van der Waals surface area contributed by atoms with Gasteiger partial charge in [-0.15, -0.1) is 12.4 Å². The molecule has 1 heteroatoms. The molecular weight excluding hydrogens is 132 g/mol. The monoisotopic (exact) mass is 144 g/mol. The molecule has 0 fully saturated rings. The lowest BCUT2D eigenvalue weighted by Gasteiger charge is -2.06. The van der Waals surface area contributed by atoms with Crippen LogP contribution in [0.4, 0.5) is 0 Å². The zero-order valence-electron chi connectivity index (χ0n) is 5.98. The summed E-state index contributed by atoms with van der Waals surface area (Å²) in [6, 6.07) is 0. The van der Waals surface area contributed by atoms with E-state index in [0.717, 1.165) is 0 Å². The van der Waals surface area contributed by atoms with E-state index in [2.05, 4.69) is 26.0 Å². The van der Waals surface area contributed by atoms with Crippen LogP contribution in [0.2, 0.25) is 0 Å². The molecule has 0 aromatic carbocycles. The van der Waals surface area contributed by atoms with Crippen LogP contribution >= 0.6 is 12.4 Å². The molecule has 0 heterocycles. The van der Waals surface area contributed by atoms with Gasteiger partial charge in [0.15, 0.2) is 0 Å². The Hall–Kier alpha value is -0.230. The van der Waals surface area contributed by atoms with Gasteiger partial charge in [0.25, 0.3) is 0 Å². The smallest absolute Gasteiger partial charge is 0.0282 e. The number of hydrogen-bond acceptors (Lipinski definition) is 0. The minimum atomic E-state index is 0. The van der Waals surface area contributed by atoms with Crippen molar-refractivity contribution in [3.63, 3.8) is 0 Å². The molecule has 1 aliphatic rings. The molecule has 1 rings (SSSR count). The van der Waals surface area contributed by atoms with E-state index in [1.807, 2.05) is 0 Å². The number of allylic oxidation sites excluding steroid dienone is 4. The number of hydrogen-bond donors (Lipinski definition) is 0. The molecule has 0 amide bonds. The quantitative estimate of drug-likeness (QED) is 0.490. The van der Waals surface area contributed by atoms with Gasteiger partial charge >= 0.3 is 0 Å². The van der Waals surface area contributed by atoms with Crippen LogP contribution in [-0.4, -0.2) is 0 Å². The first-order chi connectivity index (χ1) is 3.80. The second-order valence-corrected chi connectivity index (χ2v) is 2.40. The summed E-state index contributed by atoms with van der Waals surface area (Å²) in [6.07, 6.45) is 6.95. The molecule has 9 heavy (non-hydrogen) atoms. The third-order valence-electron chi connectivity index (χ3n) is 1.73. The average molecular weight is 145 g/mol. The lowest BCUT2D eigenvalue weighted by molar-refractivity contribution is 0.939. The summed E-state index contributed by atoms with van der Waals surface area (Å²) >= 11 is 0. The Morgan fingerprint density at radius 1 is 1.33 bits per heavy atom. The number of rotatable bonds is 0. The van der Waals surface area contributed by atoms with E-state index in [1.165, 1.54) is 18.4 Å². The number of halogens is 1. The summed E-state index contributed by atoms with van der Waals surface area (Å²) in [5.41, 5.74) is 3.00. The van der Waals surface area contributed by atoms with E-state index in [-0.39, 0.29) is 12.4 Å². The molecule has 0 N–H and O–H groups in total. The van der Waals surface area contributed by atoms with Gasteiger partial charge < -0.3 is 0 Å². The Bertz CT molecular complexity index is 143. The van der Waals surface area contributed by atoms with Crippen molar-refractivity contribution >= 4 is 12.4 Å². The highest BCUT2D eigenvalue weighted by atomic mass is 35.5. The van der Waals surface area contributed by atoms with Crippen LogP contribution in [0.5, 0.6) is 0 Å². The molecule has 0 radical (unpaired) electrons. The Labute approximate surface area is 63.1 Å². The molecule has 0 aromatic rings. The van der Waals surface area contributed by atoms with Crippen molar-refractivity contribution in [2.45, 2.75) is 26.7 Å². The van der Waals surface area contributed by atoms with Crippen molar-refractivity contribution in [1.29, 1.82) is 0 Å². The van der Waals surface area contributed by atoms with Crippen LogP contribution in [0, 0.1) is 0 Å². The molecule has 1 aliphatic carbocycles. The maximum Gasteiger partial charge on any atom is -0.0282 e. The first-order valence-corrected chi connectivity index (χ1v) is 3.13. The maximum absolute atomic E-state index is 2.24. The first kappa shape index (κ1) is 8.77. The van der Waals surface area contributed by atoms with Gasteiger partial charge in [-0.05, 0) is 26.7 Å². The van der Waals surface area contributed by atoms with Crippen LogP contribution in [0.1, 0.15) is 26.7 Å². The van der Waals surface area contributed by atoms with Gasteiger partial charge in [0, 0.05) is 0 Å². The zero-order chi connectivity index (χ0) is 5.98. The molecule has 0 saturated carbocycles. The highest BCUT2D eigenvalue weighted by Crippen LogP contribution is 2.16. The standard InChI is InChI=1S/C8H12.ClH/c1-7-5-3-4-6-8(7)2;/h3,5H,4,6H2,1-2H3;1H. The Morgan fingerprint density at radius 2 is 2.00 bits per heavy atom. The van der Waals surface area contributed by atoms with Crippen LogP contribution in [0.3, 0.4) is 0 Å². The van der Waals surface area contributed by atoms with E-state index in [0.29, 0.717) is 0 Å². The molecule has 0 aromatic heterocycles. The zero-order valence-corrected chi connectivity index (χ0v) is 6.79. The lowest BCUT2D eigenvalue weighted by atomic mass is 10.0. The van der Waals surface area contributed by atoms with Gasteiger partial charge in [-0.25, -0.2) is 0 Å². The topological polar surface area (TPSA) is 0 Å². The highest BCUT2D eigenvalue weighted by molar-refractivity contribution is 5.85. The summed E-state index contributed by atoms with van der Waals surface area (Å²) in [5, 5.41) is 0. The first-order valence-electron chi connectivity index (χ1n) is 3.13. The molecule has 0 unspecified atom stereocenters.